The van der Waals surface area contributed by atoms with Gasteiger partial charge in [0.25, 0.3) is 0 Å². The highest BCUT2D eigenvalue weighted by molar-refractivity contribution is 5.61. The zero-order chi connectivity index (χ0) is 12.3. The Labute approximate surface area is 98.9 Å². The smallest absolute Gasteiger partial charge is 0.146 e. The molecular weight excluding hydrogens is 218 g/mol. The Kier molecular flexibility index (Phi) is 3.05. The SMILES string of the molecule is Nc1c(O)cccc1OCc1ccc(O)cc1. The average Bonchev–Trinajstić information content (AvgIpc) is 2.33. The second kappa shape index (κ2) is 4.65. The number of nitrogens with two attached hydrogens (primary N) is 1. The average molecular weight is 231 g/mol. The van der Waals surface area contributed by atoms with E-state index in [1.807, 2.05) is 0 Å². The number of hydrogen-bond donors (Lipinski definition) is 3. The van der Waals surface area contributed by atoms with E-state index in [9.17, 15) is 5.11 Å². The van der Waals surface area contributed by atoms with Gasteiger partial charge < -0.3 is 20.7 Å². The zero-order valence-corrected chi connectivity index (χ0v) is 9.13. The number of ether oxygens (including phenoxy) is 1. The summed E-state index contributed by atoms with van der Waals surface area (Å²) >= 11 is 0. The van der Waals surface area contributed by atoms with E-state index in [0.717, 1.165) is 5.56 Å². The molecule has 0 saturated carbocycles. The van der Waals surface area contributed by atoms with E-state index in [2.05, 4.69) is 0 Å². The van der Waals surface area contributed by atoms with E-state index in [1.165, 1.54) is 6.07 Å². The monoisotopic (exact) mass is 231 g/mol. The summed E-state index contributed by atoms with van der Waals surface area (Å²) in [6.45, 7) is 0.327. The topological polar surface area (TPSA) is 75.7 Å². The first-order valence-electron chi connectivity index (χ1n) is 5.15. The molecule has 4 nitrogen and oxygen atoms in total. The molecule has 17 heavy (non-hydrogen) atoms. The summed E-state index contributed by atoms with van der Waals surface area (Å²) in [4.78, 5) is 0. The van der Waals surface area contributed by atoms with Crippen LogP contribution in [0.5, 0.6) is 17.2 Å². The third kappa shape index (κ3) is 2.60. The third-order valence-electron chi connectivity index (χ3n) is 2.37. The van der Waals surface area contributed by atoms with Crippen molar-refractivity contribution < 1.29 is 14.9 Å². The van der Waals surface area contributed by atoms with Crippen LogP contribution in [0.3, 0.4) is 0 Å². The van der Waals surface area contributed by atoms with Crippen LogP contribution in [0.15, 0.2) is 42.5 Å². The second-order valence-electron chi connectivity index (χ2n) is 3.64. The van der Waals surface area contributed by atoms with Crippen LogP contribution < -0.4 is 10.5 Å². The molecule has 0 saturated heterocycles. The van der Waals surface area contributed by atoms with Crippen molar-refractivity contribution in [3.05, 3.63) is 48.0 Å². The van der Waals surface area contributed by atoms with Gasteiger partial charge in [-0.2, -0.15) is 0 Å². The number of para-hydroxylation sites is 1. The molecule has 0 aromatic heterocycles. The van der Waals surface area contributed by atoms with E-state index < -0.39 is 0 Å². The van der Waals surface area contributed by atoms with Gasteiger partial charge in [0.05, 0.1) is 0 Å². The van der Waals surface area contributed by atoms with Crippen molar-refractivity contribution in [1.29, 1.82) is 0 Å². The molecule has 4 N–H and O–H groups in total. The summed E-state index contributed by atoms with van der Waals surface area (Å²) in [6.07, 6.45) is 0. The Morgan fingerprint density at radius 3 is 2.41 bits per heavy atom. The summed E-state index contributed by atoms with van der Waals surface area (Å²) < 4.78 is 5.48. The normalized spacial score (nSPS) is 10.1. The van der Waals surface area contributed by atoms with Crippen LogP contribution in [-0.4, -0.2) is 10.2 Å². The van der Waals surface area contributed by atoms with Gasteiger partial charge in [0.15, 0.2) is 0 Å². The van der Waals surface area contributed by atoms with Crippen molar-refractivity contribution >= 4 is 5.69 Å². The lowest BCUT2D eigenvalue weighted by Crippen LogP contribution is -1.98. The number of benzene rings is 2. The molecule has 4 heteroatoms. The summed E-state index contributed by atoms with van der Waals surface area (Å²) in [7, 11) is 0. The quantitative estimate of drug-likeness (QED) is 0.559. The maximum atomic E-state index is 9.40. The van der Waals surface area contributed by atoms with Crippen molar-refractivity contribution in [3.8, 4) is 17.2 Å². The minimum atomic E-state index is 0.00760. The van der Waals surface area contributed by atoms with Gasteiger partial charge >= 0.3 is 0 Å². The van der Waals surface area contributed by atoms with Crippen molar-refractivity contribution in [2.75, 3.05) is 5.73 Å². The van der Waals surface area contributed by atoms with Gasteiger partial charge in [-0.05, 0) is 29.8 Å². The molecule has 0 fully saturated rings. The molecule has 0 aliphatic heterocycles. The maximum absolute atomic E-state index is 9.40. The molecule has 2 aromatic carbocycles. The number of phenols is 2. The maximum Gasteiger partial charge on any atom is 0.146 e. The number of anilines is 1. The standard InChI is InChI=1S/C13H13NO3/c14-13-11(16)2-1-3-12(13)17-8-9-4-6-10(15)7-5-9/h1-7,15-16H,8,14H2. The van der Waals surface area contributed by atoms with Crippen molar-refractivity contribution in [2.45, 2.75) is 6.61 Å². The molecule has 0 amide bonds. The second-order valence-corrected chi connectivity index (χ2v) is 3.64. The Balaban J connectivity index is 2.07. The minimum absolute atomic E-state index is 0.00760. The summed E-state index contributed by atoms with van der Waals surface area (Å²) in [6, 6.07) is 11.5. The highest BCUT2D eigenvalue weighted by Gasteiger charge is 2.04. The molecule has 0 unspecified atom stereocenters. The minimum Gasteiger partial charge on any atom is -0.508 e. The molecule has 88 valence electrons. The van der Waals surface area contributed by atoms with E-state index in [1.54, 1.807) is 36.4 Å². The lowest BCUT2D eigenvalue weighted by atomic mass is 10.2. The lowest BCUT2D eigenvalue weighted by molar-refractivity contribution is 0.306. The highest BCUT2D eigenvalue weighted by Crippen LogP contribution is 2.30. The summed E-state index contributed by atoms with van der Waals surface area (Å²) in [5.41, 5.74) is 6.79. The Bertz CT molecular complexity index is 509. The molecule has 0 atom stereocenters. The van der Waals surface area contributed by atoms with E-state index >= 15 is 0 Å². The van der Waals surface area contributed by atoms with Gasteiger partial charge in [-0.25, -0.2) is 0 Å². The van der Waals surface area contributed by atoms with Crippen LogP contribution in [0.2, 0.25) is 0 Å². The number of aromatic hydroxyl groups is 2. The molecule has 0 spiro atoms. The van der Waals surface area contributed by atoms with Crippen molar-refractivity contribution in [3.63, 3.8) is 0 Å². The Morgan fingerprint density at radius 2 is 1.71 bits per heavy atom. The van der Waals surface area contributed by atoms with Crippen molar-refractivity contribution in [1.82, 2.24) is 0 Å². The molecule has 0 bridgehead atoms. The van der Waals surface area contributed by atoms with Crippen LogP contribution in [0.4, 0.5) is 5.69 Å². The molecule has 0 radical (unpaired) electrons. The first-order valence-corrected chi connectivity index (χ1v) is 5.15. The number of phenolic OH excluding ortho intramolecular Hbond substituents is 2. The van der Waals surface area contributed by atoms with Gasteiger partial charge in [0.2, 0.25) is 0 Å². The van der Waals surface area contributed by atoms with Crippen LogP contribution in [-0.2, 0) is 6.61 Å². The summed E-state index contributed by atoms with van der Waals surface area (Å²) in [5.74, 6) is 0.664. The molecule has 0 aliphatic rings. The first-order chi connectivity index (χ1) is 8.16. The van der Waals surface area contributed by atoms with Crippen LogP contribution >= 0.6 is 0 Å². The van der Waals surface area contributed by atoms with E-state index in [-0.39, 0.29) is 17.2 Å². The van der Waals surface area contributed by atoms with Gasteiger partial charge in [-0.15, -0.1) is 0 Å². The van der Waals surface area contributed by atoms with Crippen LogP contribution in [0.25, 0.3) is 0 Å². The van der Waals surface area contributed by atoms with Gasteiger partial charge in [-0.1, -0.05) is 18.2 Å². The largest absolute Gasteiger partial charge is 0.508 e. The molecular formula is C13H13NO3. The lowest BCUT2D eigenvalue weighted by Gasteiger charge is -2.09. The summed E-state index contributed by atoms with van der Waals surface area (Å²) in [5, 5.41) is 18.5. The highest BCUT2D eigenvalue weighted by atomic mass is 16.5. The van der Waals surface area contributed by atoms with Gasteiger partial charge in [-0.3, -0.25) is 0 Å². The molecule has 0 aliphatic carbocycles. The first kappa shape index (κ1) is 11.1. The number of nitrogen functional groups attached to an aromatic ring is 1. The fraction of sp³-hybridized carbons (Fsp3) is 0.0769. The third-order valence-corrected chi connectivity index (χ3v) is 2.37. The molecule has 2 rings (SSSR count). The fourth-order valence-electron chi connectivity index (χ4n) is 1.41. The van der Waals surface area contributed by atoms with Crippen LogP contribution in [0.1, 0.15) is 5.56 Å². The Morgan fingerprint density at radius 1 is 1.00 bits per heavy atom. The fourth-order valence-corrected chi connectivity index (χ4v) is 1.41. The predicted molar refractivity (Wildman–Crippen MR) is 65.0 cm³/mol. The number of hydrogen-bond acceptors (Lipinski definition) is 4. The number of rotatable bonds is 3. The van der Waals surface area contributed by atoms with Gasteiger partial charge in [0, 0.05) is 0 Å². The predicted octanol–water partition coefficient (Wildman–Crippen LogP) is 2.26. The Hall–Kier alpha value is -2.36. The van der Waals surface area contributed by atoms with E-state index in [0.29, 0.717) is 12.4 Å². The molecule has 2 aromatic rings. The molecule has 0 heterocycles. The van der Waals surface area contributed by atoms with Gasteiger partial charge in [0.1, 0.15) is 29.5 Å². The van der Waals surface area contributed by atoms with Crippen molar-refractivity contribution in [2.24, 2.45) is 0 Å². The van der Waals surface area contributed by atoms with E-state index in [4.69, 9.17) is 15.6 Å². The zero-order valence-electron chi connectivity index (χ0n) is 9.13. The van der Waals surface area contributed by atoms with Crippen LogP contribution in [0, 0.1) is 0 Å².